The quantitative estimate of drug-likeness (QED) is 0.0561. The van der Waals surface area contributed by atoms with E-state index in [0.29, 0.717) is 0 Å². The van der Waals surface area contributed by atoms with E-state index in [1.165, 1.54) is 56.9 Å². The van der Waals surface area contributed by atoms with Crippen molar-refractivity contribution in [2.75, 3.05) is 78.2 Å². The summed E-state index contributed by atoms with van der Waals surface area (Å²) in [6, 6.07) is 0. The van der Waals surface area contributed by atoms with Gasteiger partial charge in [-0.05, 0) is 177 Å². The molecule has 0 aliphatic carbocycles. The summed E-state index contributed by atoms with van der Waals surface area (Å²) in [5, 5.41) is 0. The minimum Gasteiger partial charge on any atom is -0.437 e. The van der Waals surface area contributed by atoms with E-state index >= 15 is 0 Å². The van der Waals surface area contributed by atoms with Gasteiger partial charge in [-0.15, -0.1) is 0 Å². The normalized spacial score (nSPS) is 14.6. The van der Waals surface area contributed by atoms with E-state index in [2.05, 4.69) is 151 Å². The Labute approximate surface area is 475 Å². The molecule has 0 heterocycles. The molecule has 0 fully saturated rings. The van der Waals surface area contributed by atoms with Crippen LogP contribution in [0.25, 0.3) is 0 Å². The molecule has 37 heteroatoms. The third-order valence-electron chi connectivity index (χ3n) is 8.58. The van der Waals surface area contributed by atoms with Crippen molar-refractivity contribution in [3.05, 3.63) is 0 Å². The SMILES string of the molecule is CO[Si](C)(C)O[Si](C)(C)O[Si](C)(C)C.CO[Si](C)(C)O[Si](C)(C)O[Si](C)(C)O[Si](C)(C)C.CO[Si](C)(C)O[Si](C)(C)O[Si](C)(C)O[Si](C)(C)O[Si](C)(C)C.CO[Si](OC)(OC)O[Si](OC)(OC)O[Si](OC)(OC)OC. The van der Waals surface area contributed by atoms with Crippen molar-refractivity contribution in [1.29, 1.82) is 0 Å². The molecule has 0 saturated heterocycles. The number of hydrogen-bond donors (Lipinski definition) is 0. The van der Waals surface area contributed by atoms with Crippen molar-refractivity contribution in [3.63, 3.8) is 0 Å². The van der Waals surface area contributed by atoms with Crippen molar-refractivity contribution in [2.24, 2.45) is 0 Å². The zero-order chi connectivity index (χ0) is 61.1. The second kappa shape index (κ2) is 33.2. The number of hydrogen-bond acceptors (Lipinski definition) is 22. The van der Waals surface area contributed by atoms with Crippen molar-refractivity contribution in [2.45, 2.75) is 177 Å². The highest BCUT2D eigenvalue weighted by molar-refractivity contribution is 6.91. The van der Waals surface area contributed by atoms with Gasteiger partial charge in [-0.2, -0.15) is 0 Å². The third kappa shape index (κ3) is 41.1. The average molecular weight is 1340 g/mol. The molecule has 0 aromatic heterocycles. The van der Waals surface area contributed by atoms with Crippen molar-refractivity contribution in [3.8, 4) is 0 Å². The van der Waals surface area contributed by atoms with Crippen LogP contribution in [0.15, 0.2) is 0 Å². The van der Waals surface area contributed by atoms with E-state index in [4.69, 9.17) is 94.0 Å². The Morgan fingerprint density at radius 1 is 0.133 bits per heavy atom. The summed E-state index contributed by atoms with van der Waals surface area (Å²) in [5.41, 5.74) is 0. The third-order valence-corrected chi connectivity index (χ3v) is 56.4. The first kappa shape index (κ1) is 83.8. The fourth-order valence-electron chi connectivity index (χ4n) is 7.34. The molecule has 0 spiro atoms. The molecule has 0 rings (SSSR count). The first-order valence-electron chi connectivity index (χ1n) is 24.7. The van der Waals surface area contributed by atoms with Gasteiger partial charge in [0.25, 0.3) is 0 Å². The summed E-state index contributed by atoms with van der Waals surface area (Å²) in [4.78, 5) is 0. The minimum absolute atomic E-state index is 1.34. The second-order valence-electron chi connectivity index (χ2n) is 23.8. The highest BCUT2D eigenvalue weighted by Crippen LogP contribution is 2.28. The lowest BCUT2D eigenvalue weighted by atomic mass is 11.8. The van der Waals surface area contributed by atoms with Crippen LogP contribution in [0.3, 0.4) is 0 Å². The molecule has 22 nitrogen and oxygen atoms in total. The van der Waals surface area contributed by atoms with E-state index < -0.39 is 129 Å². The highest BCUT2D eigenvalue weighted by atomic mass is 28.5. The van der Waals surface area contributed by atoms with Gasteiger partial charge < -0.3 is 94.0 Å². The van der Waals surface area contributed by atoms with Crippen molar-refractivity contribution < 1.29 is 94.0 Å². The standard InChI is InChI=1S/C12H36O5Si5.C10H30O4Si4.C8H24O10Si3.C8H24O3Si3/c1-13-19(5,6)15-21(9,10)17-22(11,12)16-20(7,8)14-18(2,3)4;1-11-16(5,6)13-18(9,10)14-17(7,8)12-15(2,3)4;1-9-19(10-2,11-3)17-21(15-7,16-8)18-20(12-4,13-5)14-6;1-9-13(5,6)11-14(7,8)10-12(2,3)4/h1-12H3;1-10H3;1-8H3;1-8H3. The molecule has 75 heavy (non-hydrogen) atoms. The fourth-order valence-corrected chi connectivity index (χ4v) is 65.2. The predicted octanol–water partition coefficient (Wildman–Crippen LogP) is 10.4. The lowest BCUT2D eigenvalue weighted by Gasteiger charge is -2.41. The molecule has 0 unspecified atom stereocenters. The molecule has 0 aromatic carbocycles. The lowest BCUT2D eigenvalue weighted by Crippen LogP contribution is -2.65. The summed E-state index contributed by atoms with van der Waals surface area (Å²) >= 11 is 0. The van der Waals surface area contributed by atoms with Gasteiger partial charge in [0.05, 0.1) is 0 Å². The van der Waals surface area contributed by atoms with Crippen LogP contribution in [0.2, 0.25) is 177 Å². The van der Waals surface area contributed by atoms with E-state index in [1.54, 1.807) is 21.3 Å². The molecule has 0 saturated carbocycles. The fraction of sp³-hybridized carbons (Fsp3) is 1.00. The maximum Gasteiger partial charge on any atom is 0.673 e. The Bertz CT molecular complexity index is 1510. The smallest absolute Gasteiger partial charge is 0.437 e. The molecular formula is C38H114O22Si15. The Hall–Kier alpha value is 2.37. The molecule has 0 aliphatic heterocycles. The van der Waals surface area contributed by atoms with Crippen LogP contribution in [0.4, 0.5) is 0 Å². The van der Waals surface area contributed by atoms with Gasteiger partial charge in [-0.25, -0.2) is 0 Å². The first-order valence-corrected chi connectivity index (χ1v) is 65.2. The van der Waals surface area contributed by atoms with Gasteiger partial charge in [0, 0.05) is 78.2 Å². The molecule has 0 aliphatic rings. The number of rotatable bonds is 33. The monoisotopic (exact) mass is 1340 g/mol. The van der Waals surface area contributed by atoms with E-state index in [1.807, 2.05) is 26.2 Å². The molecule has 0 aromatic rings. The maximum absolute atomic E-state index is 6.38. The maximum atomic E-state index is 6.38. The second-order valence-corrected chi connectivity index (χ2v) is 78.1. The van der Waals surface area contributed by atoms with Crippen molar-refractivity contribution >= 4 is 129 Å². The highest BCUT2D eigenvalue weighted by Gasteiger charge is 2.64. The van der Waals surface area contributed by atoms with Crippen LogP contribution in [-0.2, 0) is 94.0 Å². The molecule has 0 amide bonds. The van der Waals surface area contributed by atoms with Crippen LogP contribution in [0.5, 0.6) is 0 Å². The lowest BCUT2D eigenvalue weighted by molar-refractivity contribution is -0.0462. The first-order chi connectivity index (χ1) is 32.9. The van der Waals surface area contributed by atoms with Crippen LogP contribution < -0.4 is 0 Å². The molecule has 0 bridgehead atoms. The summed E-state index contributed by atoms with van der Waals surface area (Å²) in [5.74, 6) is 0. The zero-order valence-corrected chi connectivity index (χ0v) is 69.5. The molecule has 0 atom stereocenters. The topological polar surface area (TPSA) is 203 Å². The largest absolute Gasteiger partial charge is 0.673 e. The van der Waals surface area contributed by atoms with Gasteiger partial charge in [-0.3, -0.25) is 0 Å². The van der Waals surface area contributed by atoms with Gasteiger partial charge in [0.1, 0.15) is 0 Å². The Morgan fingerprint density at radius 2 is 0.267 bits per heavy atom. The molecule has 0 radical (unpaired) electrons. The van der Waals surface area contributed by atoms with Gasteiger partial charge in [-0.1, -0.05) is 0 Å². The summed E-state index contributed by atoms with van der Waals surface area (Å²) < 4.78 is 125. The average Bonchev–Trinajstić information content (AvgIpc) is 3.17. The summed E-state index contributed by atoms with van der Waals surface area (Å²) in [6.45, 7) is 57.0. The van der Waals surface area contributed by atoms with E-state index in [0.717, 1.165) is 0 Å². The van der Waals surface area contributed by atoms with Crippen LogP contribution >= 0.6 is 0 Å². The minimum atomic E-state index is -3.77. The van der Waals surface area contributed by atoms with Gasteiger partial charge >= 0.3 is 104 Å². The van der Waals surface area contributed by atoms with Gasteiger partial charge in [0.2, 0.25) is 0 Å². The summed E-state index contributed by atoms with van der Waals surface area (Å²) in [7, 11) is -18.7. The van der Waals surface area contributed by atoms with Crippen LogP contribution in [0, 0.1) is 0 Å². The van der Waals surface area contributed by atoms with E-state index in [-0.39, 0.29) is 0 Å². The Balaban J connectivity index is -0.000000454. The molecule has 0 N–H and O–H groups in total. The predicted molar refractivity (Wildman–Crippen MR) is 334 cm³/mol. The Kier molecular flexibility index (Phi) is 37.1. The van der Waals surface area contributed by atoms with Crippen LogP contribution in [-0.4, -0.2) is 207 Å². The Morgan fingerprint density at radius 3 is 0.387 bits per heavy atom. The van der Waals surface area contributed by atoms with Gasteiger partial charge in [0.15, 0.2) is 25.0 Å². The van der Waals surface area contributed by atoms with Crippen molar-refractivity contribution in [1.82, 2.24) is 0 Å². The summed E-state index contributed by atoms with van der Waals surface area (Å²) in [6.07, 6.45) is 0. The van der Waals surface area contributed by atoms with Crippen LogP contribution in [0.1, 0.15) is 0 Å². The molecule has 458 valence electrons. The van der Waals surface area contributed by atoms with E-state index in [9.17, 15) is 0 Å². The zero-order valence-electron chi connectivity index (χ0n) is 54.5. The molecular weight excluding hydrogens is 1230 g/mol.